The van der Waals surface area contributed by atoms with Gasteiger partial charge in [0.05, 0.1) is 6.04 Å². The Balaban J connectivity index is 2.17. The van der Waals surface area contributed by atoms with Gasteiger partial charge >= 0.3 is 0 Å². The van der Waals surface area contributed by atoms with Crippen molar-refractivity contribution in [3.8, 4) is 11.5 Å². The van der Waals surface area contributed by atoms with E-state index < -0.39 is 29.9 Å². The zero-order valence-corrected chi connectivity index (χ0v) is 22.4. The lowest BCUT2D eigenvalue weighted by atomic mass is 10.00. The van der Waals surface area contributed by atoms with Crippen LogP contribution in [0, 0.1) is 11.8 Å². The van der Waals surface area contributed by atoms with E-state index in [0.717, 1.165) is 11.1 Å². The summed E-state index contributed by atoms with van der Waals surface area (Å²) in [6, 6.07) is 9.99. The lowest BCUT2D eigenvalue weighted by Gasteiger charge is -2.25. The van der Waals surface area contributed by atoms with Gasteiger partial charge in [-0.15, -0.1) is 0 Å². The van der Waals surface area contributed by atoms with Gasteiger partial charge in [-0.25, -0.2) is 0 Å². The Morgan fingerprint density at radius 3 is 1.68 bits per heavy atom. The lowest BCUT2D eigenvalue weighted by molar-refractivity contribution is -0.133. The van der Waals surface area contributed by atoms with Gasteiger partial charge in [-0.05, 0) is 60.1 Å². The first kappa shape index (κ1) is 30.3. The van der Waals surface area contributed by atoms with Crippen LogP contribution < -0.4 is 16.0 Å². The molecule has 0 heterocycles. The van der Waals surface area contributed by atoms with E-state index in [4.69, 9.17) is 0 Å². The maximum absolute atomic E-state index is 13.4. The first-order valence-electron chi connectivity index (χ1n) is 12.9. The van der Waals surface area contributed by atoms with Crippen LogP contribution in [0.4, 0.5) is 0 Å². The minimum Gasteiger partial charge on any atom is -0.508 e. The minimum atomic E-state index is -0.938. The van der Waals surface area contributed by atoms with Crippen LogP contribution in [0.2, 0.25) is 0 Å². The highest BCUT2D eigenvalue weighted by Crippen LogP contribution is 2.14. The van der Waals surface area contributed by atoms with Crippen molar-refractivity contribution in [3.63, 3.8) is 0 Å². The van der Waals surface area contributed by atoms with Crippen molar-refractivity contribution in [2.75, 3.05) is 0 Å². The Bertz CT molecular complexity index is 1070. The van der Waals surface area contributed by atoms with E-state index in [1.54, 1.807) is 24.3 Å². The zero-order valence-electron chi connectivity index (χ0n) is 22.4. The number of aromatic hydroxyl groups is 2. The minimum absolute atomic E-state index is 0.0592. The highest BCUT2D eigenvalue weighted by Gasteiger charge is 2.29. The number of benzene rings is 2. The second-order valence-electron chi connectivity index (χ2n) is 10.4. The van der Waals surface area contributed by atoms with Crippen LogP contribution >= 0.6 is 0 Å². The Kier molecular flexibility index (Phi) is 11.8. The Morgan fingerprint density at radius 2 is 1.21 bits per heavy atom. The van der Waals surface area contributed by atoms with Gasteiger partial charge in [0.1, 0.15) is 29.9 Å². The van der Waals surface area contributed by atoms with Gasteiger partial charge in [0.25, 0.3) is 0 Å². The molecule has 0 aliphatic heterocycles. The average Bonchev–Trinajstić information content (AvgIpc) is 2.84. The van der Waals surface area contributed by atoms with Crippen molar-refractivity contribution in [1.29, 1.82) is 0 Å². The van der Waals surface area contributed by atoms with E-state index in [1.165, 1.54) is 24.3 Å². The molecule has 9 heteroatoms. The molecule has 0 fully saturated rings. The fourth-order valence-electron chi connectivity index (χ4n) is 3.98. The Labute approximate surface area is 224 Å². The lowest BCUT2D eigenvalue weighted by Crippen LogP contribution is -2.56. The summed E-state index contributed by atoms with van der Waals surface area (Å²) in [6.07, 6.45) is 1.61. The molecule has 0 aliphatic carbocycles. The summed E-state index contributed by atoms with van der Waals surface area (Å²) in [5, 5.41) is 27.3. The number of rotatable bonds is 14. The van der Waals surface area contributed by atoms with E-state index in [9.17, 15) is 29.4 Å². The topological polar surface area (TPSA) is 145 Å². The molecule has 0 unspecified atom stereocenters. The van der Waals surface area contributed by atoms with Crippen molar-refractivity contribution in [2.45, 2.75) is 71.5 Å². The summed E-state index contributed by atoms with van der Waals surface area (Å²) >= 11 is 0. The molecule has 0 aromatic heterocycles. The highest BCUT2D eigenvalue weighted by molar-refractivity contribution is 5.93. The molecule has 0 spiro atoms. The molecule has 5 N–H and O–H groups in total. The number of hydrogen-bond donors (Lipinski definition) is 5. The summed E-state index contributed by atoms with van der Waals surface area (Å²) in [4.78, 5) is 50.8. The van der Waals surface area contributed by atoms with Gasteiger partial charge < -0.3 is 31.0 Å². The molecule has 2 rings (SSSR count). The molecule has 38 heavy (non-hydrogen) atoms. The summed E-state index contributed by atoms with van der Waals surface area (Å²) in [5.41, 5.74) is 1.49. The smallest absolute Gasteiger partial charge is 0.243 e. The zero-order chi connectivity index (χ0) is 28.2. The third kappa shape index (κ3) is 10.6. The van der Waals surface area contributed by atoms with Crippen LogP contribution in [0.25, 0.3) is 0 Å². The van der Waals surface area contributed by atoms with Gasteiger partial charge in [0.15, 0.2) is 0 Å². The van der Waals surface area contributed by atoms with E-state index in [0.29, 0.717) is 12.7 Å². The highest BCUT2D eigenvalue weighted by atomic mass is 16.3. The standard InChI is InChI=1S/C29H39N3O6/c1-18(2)13-25(28(37)30-22(17-33)15-20-5-9-23(34)10-6-20)32-29(38)26(31-27(36)14-19(3)4)16-21-7-11-24(35)12-8-21/h5-12,17-19,22,25-26,34-35H,13-16H2,1-4H3,(H,30,37)(H,31,36)(H,32,38)/t22-,25-,26-/m0/s1. The van der Waals surface area contributed by atoms with Crippen LogP contribution in [0.5, 0.6) is 11.5 Å². The molecule has 2 aromatic carbocycles. The number of nitrogens with one attached hydrogen (secondary N) is 3. The Hall–Kier alpha value is -3.88. The molecular formula is C29H39N3O6. The molecule has 3 atom stereocenters. The van der Waals surface area contributed by atoms with Crippen molar-refractivity contribution in [3.05, 3.63) is 59.7 Å². The number of carbonyl (C=O) groups excluding carboxylic acids is 4. The average molecular weight is 526 g/mol. The van der Waals surface area contributed by atoms with Gasteiger partial charge in [-0.2, -0.15) is 0 Å². The predicted molar refractivity (Wildman–Crippen MR) is 144 cm³/mol. The number of phenols is 2. The van der Waals surface area contributed by atoms with Crippen LogP contribution in [0.3, 0.4) is 0 Å². The normalized spacial score (nSPS) is 13.4. The largest absolute Gasteiger partial charge is 0.508 e. The molecule has 206 valence electrons. The van der Waals surface area contributed by atoms with E-state index in [1.807, 2.05) is 27.7 Å². The van der Waals surface area contributed by atoms with Crippen LogP contribution in [-0.2, 0) is 32.0 Å². The van der Waals surface area contributed by atoms with Crippen molar-refractivity contribution < 1.29 is 29.4 Å². The number of phenolic OH excluding ortho intramolecular Hbond substituents is 2. The Morgan fingerprint density at radius 1 is 0.711 bits per heavy atom. The van der Waals surface area contributed by atoms with Gasteiger partial charge in [-0.1, -0.05) is 52.0 Å². The van der Waals surface area contributed by atoms with Crippen LogP contribution in [0.15, 0.2) is 48.5 Å². The second kappa shape index (κ2) is 14.8. The SMILES string of the molecule is CC(C)CC(=O)N[C@@H](Cc1ccc(O)cc1)C(=O)N[C@@H](CC(C)C)C(=O)N[C@H](C=O)Cc1ccc(O)cc1. The maximum atomic E-state index is 13.4. The first-order chi connectivity index (χ1) is 18.0. The van der Waals surface area contributed by atoms with E-state index >= 15 is 0 Å². The third-order valence-electron chi connectivity index (χ3n) is 5.85. The van der Waals surface area contributed by atoms with Gasteiger partial charge in [-0.3, -0.25) is 14.4 Å². The predicted octanol–water partition coefficient (Wildman–Crippen LogP) is 2.63. The summed E-state index contributed by atoms with van der Waals surface area (Å²) in [7, 11) is 0. The van der Waals surface area contributed by atoms with Crippen molar-refractivity contribution in [2.24, 2.45) is 11.8 Å². The van der Waals surface area contributed by atoms with Gasteiger partial charge in [0.2, 0.25) is 17.7 Å². The summed E-state index contributed by atoms with van der Waals surface area (Å²) < 4.78 is 0. The summed E-state index contributed by atoms with van der Waals surface area (Å²) in [6.45, 7) is 7.63. The third-order valence-corrected chi connectivity index (χ3v) is 5.85. The molecule has 9 nitrogen and oxygen atoms in total. The quantitative estimate of drug-likeness (QED) is 0.240. The first-order valence-corrected chi connectivity index (χ1v) is 12.9. The number of aldehydes is 1. The molecule has 0 aliphatic rings. The fraction of sp³-hybridized carbons (Fsp3) is 0.448. The second-order valence-corrected chi connectivity index (χ2v) is 10.4. The van der Waals surface area contributed by atoms with Crippen LogP contribution in [-0.4, -0.2) is 52.3 Å². The molecule has 0 bridgehead atoms. The number of amides is 3. The molecule has 0 saturated heterocycles. The van der Waals surface area contributed by atoms with Gasteiger partial charge in [0, 0.05) is 12.8 Å². The molecule has 2 aromatic rings. The van der Waals surface area contributed by atoms with Crippen molar-refractivity contribution >= 4 is 24.0 Å². The summed E-state index contributed by atoms with van der Waals surface area (Å²) in [5.74, 6) is -0.952. The van der Waals surface area contributed by atoms with E-state index in [-0.39, 0.29) is 48.5 Å². The maximum Gasteiger partial charge on any atom is 0.243 e. The van der Waals surface area contributed by atoms with Crippen molar-refractivity contribution in [1.82, 2.24) is 16.0 Å². The van der Waals surface area contributed by atoms with E-state index in [2.05, 4.69) is 16.0 Å². The molecule has 3 amide bonds. The molecular weight excluding hydrogens is 486 g/mol. The number of carbonyl (C=O) groups is 4. The molecule has 0 saturated carbocycles. The fourth-order valence-corrected chi connectivity index (χ4v) is 3.98. The monoisotopic (exact) mass is 525 g/mol. The number of hydrogen-bond acceptors (Lipinski definition) is 6. The molecule has 0 radical (unpaired) electrons. The van der Waals surface area contributed by atoms with Crippen LogP contribution in [0.1, 0.15) is 51.7 Å².